The van der Waals surface area contributed by atoms with Crippen molar-refractivity contribution in [1.82, 2.24) is 14.9 Å². The van der Waals surface area contributed by atoms with Crippen LogP contribution in [-0.4, -0.2) is 34.4 Å². The predicted molar refractivity (Wildman–Crippen MR) is 111 cm³/mol. The number of amides is 1. The molecule has 0 unspecified atom stereocenters. The molecule has 1 atom stereocenters. The second-order valence-corrected chi connectivity index (χ2v) is 8.25. The minimum atomic E-state index is -0.159. The van der Waals surface area contributed by atoms with Crippen LogP contribution >= 0.6 is 15.9 Å². The molecule has 3 aromatic rings. The van der Waals surface area contributed by atoms with Gasteiger partial charge in [-0.05, 0) is 34.9 Å². The quantitative estimate of drug-likeness (QED) is 0.638. The summed E-state index contributed by atoms with van der Waals surface area (Å²) in [4.78, 5) is 23.7. The van der Waals surface area contributed by atoms with Crippen molar-refractivity contribution in [3.05, 3.63) is 62.8 Å². The van der Waals surface area contributed by atoms with Crippen molar-refractivity contribution in [2.24, 2.45) is 0 Å². The highest BCUT2D eigenvalue weighted by Crippen LogP contribution is 2.33. The number of benzene rings is 1. The molecule has 2 aromatic heterocycles. The second kappa shape index (κ2) is 7.05. The number of hydrogen-bond acceptors (Lipinski definition) is 6. The van der Waals surface area contributed by atoms with Gasteiger partial charge in [-0.15, -0.1) is 0 Å². The molecule has 0 saturated carbocycles. The van der Waals surface area contributed by atoms with Crippen LogP contribution in [0.15, 0.2) is 34.9 Å². The van der Waals surface area contributed by atoms with E-state index in [1.54, 1.807) is 18.1 Å². The fourth-order valence-corrected chi connectivity index (χ4v) is 4.43. The van der Waals surface area contributed by atoms with Gasteiger partial charge < -0.3 is 20.1 Å². The number of aromatic nitrogens is 2. The third-order valence-electron chi connectivity index (χ3n) is 5.62. The van der Waals surface area contributed by atoms with Crippen LogP contribution in [0, 0.1) is 0 Å². The number of pyridine rings is 2. The number of carbonyl (C=O) groups is 1. The summed E-state index contributed by atoms with van der Waals surface area (Å²) in [6.45, 7) is 1.89. The standard InChI is InChI=1S/C21H19BrN4O3/c1-26(18-10-28-7-12-4-13(22)2-3-14(12)18)21(27)11-5-15-16-8-29-9-17(16)19(23)25-20(15)24-6-11/h2-6,18H,7-10H2,1H3,(H2,23,24,25)/t18-/m1/s1. The molecule has 8 heteroatoms. The molecule has 0 bridgehead atoms. The van der Waals surface area contributed by atoms with E-state index < -0.39 is 0 Å². The molecule has 1 amide bonds. The van der Waals surface area contributed by atoms with Gasteiger partial charge in [-0.25, -0.2) is 9.97 Å². The Balaban J connectivity index is 1.51. The minimum Gasteiger partial charge on any atom is -0.383 e. The zero-order valence-electron chi connectivity index (χ0n) is 15.8. The Morgan fingerprint density at radius 3 is 2.90 bits per heavy atom. The molecule has 0 saturated heterocycles. The maximum absolute atomic E-state index is 13.3. The minimum absolute atomic E-state index is 0.117. The number of hydrogen-bond donors (Lipinski definition) is 1. The summed E-state index contributed by atoms with van der Waals surface area (Å²) < 4.78 is 12.3. The monoisotopic (exact) mass is 454 g/mol. The first-order valence-corrected chi connectivity index (χ1v) is 10.1. The van der Waals surface area contributed by atoms with E-state index in [2.05, 4.69) is 25.9 Å². The van der Waals surface area contributed by atoms with Gasteiger partial charge in [-0.1, -0.05) is 22.0 Å². The molecule has 0 aliphatic carbocycles. The summed E-state index contributed by atoms with van der Waals surface area (Å²) in [6.07, 6.45) is 1.56. The number of nitrogens with two attached hydrogens (primary N) is 1. The number of fused-ring (bicyclic) bond motifs is 4. The average molecular weight is 455 g/mol. The summed E-state index contributed by atoms with van der Waals surface area (Å²) in [5, 5.41) is 0.815. The van der Waals surface area contributed by atoms with Crippen molar-refractivity contribution in [1.29, 1.82) is 0 Å². The van der Waals surface area contributed by atoms with E-state index in [0.29, 0.717) is 43.5 Å². The van der Waals surface area contributed by atoms with Gasteiger partial charge in [0.2, 0.25) is 0 Å². The van der Waals surface area contributed by atoms with Crippen LogP contribution in [0.2, 0.25) is 0 Å². The number of nitrogen functional groups attached to an aromatic ring is 1. The molecule has 2 aliphatic heterocycles. The zero-order chi connectivity index (χ0) is 20.1. The zero-order valence-corrected chi connectivity index (χ0v) is 17.4. The maximum atomic E-state index is 13.3. The van der Waals surface area contributed by atoms with E-state index in [4.69, 9.17) is 15.2 Å². The molecular weight excluding hydrogens is 436 g/mol. The van der Waals surface area contributed by atoms with Crippen molar-refractivity contribution in [2.45, 2.75) is 25.9 Å². The first-order valence-electron chi connectivity index (χ1n) is 9.31. The lowest BCUT2D eigenvalue weighted by Gasteiger charge is -2.33. The van der Waals surface area contributed by atoms with E-state index in [0.717, 1.165) is 32.1 Å². The number of halogens is 1. The van der Waals surface area contributed by atoms with Crippen molar-refractivity contribution in [3.8, 4) is 0 Å². The van der Waals surface area contributed by atoms with Gasteiger partial charge in [0.05, 0.1) is 38.0 Å². The molecule has 5 rings (SSSR count). The molecular formula is C21H19BrN4O3. The molecule has 2 aliphatic rings. The van der Waals surface area contributed by atoms with E-state index >= 15 is 0 Å². The topological polar surface area (TPSA) is 90.6 Å². The summed E-state index contributed by atoms with van der Waals surface area (Å²) in [5.41, 5.74) is 11.1. The van der Waals surface area contributed by atoms with Gasteiger partial charge in [0.1, 0.15) is 5.82 Å². The van der Waals surface area contributed by atoms with E-state index in [1.165, 1.54) is 0 Å². The summed E-state index contributed by atoms with van der Waals surface area (Å²) in [6, 6.07) is 7.76. The average Bonchev–Trinajstić information content (AvgIpc) is 3.23. The van der Waals surface area contributed by atoms with Gasteiger partial charge in [0.15, 0.2) is 5.65 Å². The fourth-order valence-electron chi connectivity index (χ4n) is 4.03. The third-order valence-corrected chi connectivity index (χ3v) is 6.11. The second-order valence-electron chi connectivity index (χ2n) is 7.33. The first-order chi connectivity index (χ1) is 14.0. The number of nitrogens with zero attached hydrogens (tertiary/aromatic N) is 3. The smallest absolute Gasteiger partial charge is 0.255 e. The molecule has 4 heterocycles. The van der Waals surface area contributed by atoms with Crippen LogP contribution in [0.4, 0.5) is 5.82 Å². The molecule has 0 fully saturated rings. The van der Waals surface area contributed by atoms with Crippen LogP contribution in [0.3, 0.4) is 0 Å². The maximum Gasteiger partial charge on any atom is 0.255 e. The largest absolute Gasteiger partial charge is 0.383 e. The third kappa shape index (κ3) is 3.08. The van der Waals surface area contributed by atoms with Crippen molar-refractivity contribution in [2.75, 3.05) is 19.4 Å². The Morgan fingerprint density at radius 1 is 1.21 bits per heavy atom. The number of rotatable bonds is 2. The van der Waals surface area contributed by atoms with Crippen LogP contribution in [0.1, 0.15) is 38.7 Å². The molecule has 148 valence electrons. The summed E-state index contributed by atoms with van der Waals surface area (Å²) in [7, 11) is 1.80. The summed E-state index contributed by atoms with van der Waals surface area (Å²) in [5.74, 6) is 0.323. The molecule has 0 spiro atoms. The Bertz CT molecular complexity index is 1150. The Labute approximate surface area is 176 Å². The van der Waals surface area contributed by atoms with E-state index in [1.807, 2.05) is 24.3 Å². The predicted octanol–water partition coefficient (Wildman–Crippen LogP) is 3.35. The SMILES string of the molecule is CN(C(=O)c1cnc2nc(N)c3c(c2c1)COC3)[C@@H]1COCc2cc(Br)ccc21. The first kappa shape index (κ1) is 18.5. The lowest BCUT2D eigenvalue weighted by Crippen LogP contribution is -2.36. The van der Waals surface area contributed by atoms with Gasteiger partial charge in [0.25, 0.3) is 5.91 Å². The van der Waals surface area contributed by atoms with E-state index in [-0.39, 0.29) is 11.9 Å². The summed E-state index contributed by atoms with van der Waals surface area (Å²) >= 11 is 3.50. The molecule has 0 radical (unpaired) electrons. The lowest BCUT2D eigenvalue weighted by molar-refractivity contribution is 0.0346. The van der Waals surface area contributed by atoms with Crippen molar-refractivity contribution in [3.63, 3.8) is 0 Å². The van der Waals surface area contributed by atoms with Gasteiger partial charge in [0, 0.05) is 28.7 Å². The normalized spacial score (nSPS) is 17.8. The number of carbonyl (C=O) groups excluding carboxylic acids is 1. The Hall–Kier alpha value is -2.55. The lowest BCUT2D eigenvalue weighted by atomic mass is 9.97. The van der Waals surface area contributed by atoms with Crippen molar-refractivity contribution < 1.29 is 14.3 Å². The van der Waals surface area contributed by atoms with Crippen LogP contribution in [0.5, 0.6) is 0 Å². The Morgan fingerprint density at radius 2 is 2.03 bits per heavy atom. The van der Waals surface area contributed by atoms with Crippen molar-refractivity contribution >= 4 is 38.7 Å². The highest BCUT2D eigenvalue weighted by molar-refractivity contribution is 9.10. The fraction of sp³-hybridized carbons (Fsp3) is 0.286. The van der Waals surface area contributed by atoms with E-state index in [9.17, 15) is 4.79 Å². The molecule has 7 nitrogen and oxygen atoms in total. The highest BCUT2D eigenvalue weighted by Gasteiger charge is 2.29. The van der Waals surface area contributed by atoms with Crippen LogP contribution < -0.4 is 5.73 Å². The van der Waals surface area contributed by atoms with Gasteiger partial charge in [-0.3, -0.25) is 4.79 Å². The van der Waals surface area contributed by atoms with Crippen LogP contribution in [0.25, 0.3) is 11.0 Å². The van der Waals surface area contributed by atoms with Gasteiger partial charge in [-0.2, -0.15) is 0 Å². The molecule has 1 aromatic carbocycles. The number of anilines is 1. The number of ether oxygens (including phenoxy) is 2. The number of likely N-dealkylation sites (N-methyl/N-ethyl adjacent to an activating group) is 1. The Kier molecular flexibility index (Phi) is 4.49. The highest BCUT2D eigenvalue weighted by atomic mass is 79.9. The molecule has 2 N–H and O–H groups in total. The van der Waals surface area contributed by atoms with Crippen LogP contribution in [-0.2, 0) is 29.3 Å². The molecule has 29 heavy (non-hydrogen) atoms. The van der Waals surface area contributed by atoms with Gasteiger partial charge >= 0.3 is 0 Å².